The monoisotopic (exact) mass is 229 g/mol. The Kier molecular flexibility index (Phi) is 3.32. The Morgan fingerprint density at radius 2 is 1.94 bits per heavy atom. The maximum atomic E-state index is 11.8. The molecule has 4 heteroatoms. The molecule has 0 saturated carbocycles. The molecular weight excluding hydrogens is 214 g/mol. The van der Waals surface area contributed by atoms with E-state index in [4.69, 9.17) is 0 Å². The fourth-order valence-corrected chi connectivity index (χ4v) is 1.67. The lowest BCUT2D eigenvalue weighted by Gasteiger charge is -2.00. The van der Waals surface area contributed by atoms with Gasteiger partial charge in [0.05, 0.1) is 12.1 Å². The van der Waals surface area contributed by atoms with Gasteiger partial charge in [0.1, 0.15) is 5.78 Å². The zero-order chi connectivity index (χ0) is 12.3. The van der Waals surface area contributed by atoms with Crippen molar-refractivity contribution in [1.82, 2.24) is 15.0 Å². The van der Waals surface area contributed by atoms with Crippen LogP contribution in [0.1, 0.15) is 16.8 Å². The van der Waals surface area contributed by atoms with Crippen LogP contribution in [0.4, 0.5) is 0 Å². The van der Waals surface area contributed by atoms with Gasteiger partial charge in [-0.1, -0.05) is 35.0 Å². The first-order valence-electron chi connectivity index (χ1n) is 5.56. The van der Waals surface area contributed by atoms with Crippen molar-refractivity contribution in [2.75, 3.05) is 0 Å². The summed E-state index contributed by atoms with van der Waals surface area (Å²) in [7, 11) is 1.79. The molecule has 0 saturated heterocycles. The number of carbonyl (C=O) groups excluding carboxylic acids is 1. The topological polar surface area (TPSA) is 47.8 Å². The molecule has 0 unspecified atom stereocenters. The molecular formula is C13H15N3O. The second kappa shape index (κ2) is 4.91. The van der Waals surface area contributed by atoms with Crippen LogP contribution in [0.15, 0.2) is 30.5 Å². The van der Waals surface area contributed by atoms with Crippen molar-refractivity contribution in [1.29, 1.82) is 0 Å². The maximum Gasteiger partial charge on any atom is 0.143 e. The van der Waals surface area contributed by atoms with Gasteiger partial charge in [-0.3, -0.25) is 9.48 Å². The molecule has 0 fully saturated rings. The summed E-state index contributed by atoms with van der Waals surface area (Å²) in [5, 5.41) is 7.71. The minimum absolute atomic E-state index is 0.161. The van der Waals surface area contributed by atoms with Crippen molar-refractivity contribution in [3.63, 3.8) is 0 Å². The standard InChI is InChI=1S/C13H15N3O/c1-10-3-5-11(6-4-10)7-13(17)8-12-9-16(2)15-14-12/h3-6,9H,7-8H2,1-2H3. The number of rotatable bonds is 4. The molecule has 0 N–H and O–H groups in total. The van der Waals surface area contributed by atoms with Gasteiger partial charge in [0, 0.05) is 19.7 Å². The highest BCUT2D eigenvalue weighted by atomic mass is 16.1. The van der Waals surface area contributed by atoms with Gasteiger partial charge in [0.2, 0.25) is 0 Å². The molecule has 2 rings (SSSR count). The largest absolute Gasteiger partial charge is 0.299 e. The van der Waals surface area contributed by atoms with Crippen LogP contribution >= 0.6 is 0 Å². The third-order valence-electron chi connectivity index (χ3n) is 2.55. The first-order chi connectivity index (χ1) is 8.13. The second-order valence-corrected chi connectivity index (χ2v) is 4.26. The van der Waals surface area contributed by atoms with Crippen molar-refractivity contribution >= 4 is 5.78 Å². The lowest BCUT2D eigenvalue weighted by Crippen LogP contribution is -2.06. The van der Waals surface area contributed by atoms with Crippen LogP contribution in [0.25, 0.3) is 0 Å². The van der Waals surface area contributed by atoms with Crippen LogP contribution in [0, 0.1) is 6.92 Å². The van der Waals surface area contributed by atoms with Gasteiger partial charge in [0.15, 0.2) is 0 Å². The van der Waals surface area contributed by atoms with Crippen molar-refractivity contribution in [3.8, 4) is 0 Å². The van der Waals surface area contributed by atoms with E-state index >= 15 is 0 Å². The lowest BCUT2D eigenvalue weighted by molar-refractivity contribution is -0.117. The molecule has 0 bridgehead atoms. The fraction of sp³-hybridized carbons (Fsp3) is 0.308. The van der Waals surface area contributed by atoms with Gasteiger partial charge in [-0.05, 0) is 12.5 Å². The number of carbonyl (C=O) groups is 1. The molecule has 2 aromatic rings. The predicted octanol–water partition coefficient (Wildman–Crippen LogP) is 1.48. The van der Waals surface area contributed by atoms with E-state index in [1.807, 2.05) is 31.2 Å². The molecule has 0 spiro atoms. The highest BCUT2D eigenvalue weighted by Crippen LogP contribution is 2.06. The van der Waals surface area contributed by atoms with Crippen LogP contribution in [-0.4, -0.2) is 20.8 Å². The fourth-order valence-electron chi connectivity index (χ4n) is 1.67. The summed E-state index contributed by atoms with van der Waals surface area (Å²) in [6, 6.07) is 8.02. The third-order valence-corrected chi connectivity index (χ3v) is 2.55. The first-order valence-corrected chi connectivity index (χ1v) is 5.56. The van der Waals surface area contributed by atoms with E-state index in [0.717, 1.165) is 11.3 Å². The quantitative estimate of drug-likeness (QED) is 0.797. The van der Waals surface area contributed by atoms with Crippen molar-refractivity contribution in [2.45, 2.75) is 19.8 Å². The van der Waals surface area contributed by atoms with E-state index in [0.29, 0.717) is 12.8 Å². The van der Waals surface area contributed by atoms with E-state index in [2.05, 4.69) is 10.3 Å². The third kappa shape index (κ3) is 3.24. The molecule has 0 atom stereocenters. The summed E-state index contributed by atoms with van der Waals surface area (Å²) < 4.78 is 1.61. The van der Waals surface area contributed by atoms with Gasteiger partial charge in [-0.25, -0.2) is 0 Å². The number of ketones is 1. The zero-order valence-electron chi connectivity index (χ0n) is 10.1. The van der Waals surface area contributed by atoms with E-state index in [1.165, 1.54) is 5.56 Å². The van der Waals surface area contributed by atoms with Gasteiger partial charge in [0.25, 0.3) is 0 Å². The Balaban J connectivity index is 1.95. The summed E-state index contributed by atoms with van der Waals surface area (Å²) in [5.41, 5.74) is 2.98. The first kappa shape index (κ1) is 11.5. The number of nitrogens with zero attached hydrogens (tertiary/aromatic N) is 3. The van der Waals surface area contributed by atoms with Gasteiger partial charge >= 0.3 is 0 Å². The average Bonchev–Trinajstić information content (AvgIpc) is 2.67. The summed E-state index contributed by atoms with van der Waals surface area (Å²) in [6.07, 6.45) is 2.58. The van der Waals surface area contributed by atoms with E-state index < -0.39 is 0 Å². The highest BCUT2D eigenvalue weighted by Gasteiger charge is 2.07. The SMILES string of the molecule is Cc1ccc(CC(=O)Cc2cn(C)nn2)cc1. The van der Waals surface area contributed by atoms with Crippen LogP contribution < -0.4 is 0 Å². The highest BCUT2D eigenvalue weighted by molar-refractivity contribution is 5.82. The summed E-state index contributed by atoms with van der Waals surface area (Å²) in [6.45, 7) is 2.03. The Hall–Kier alpha value is -1.97. The Bertz CT molecular complexity index is 514. The van der Waals surface area contributed by atoms with Crippen LogP contribution in [-0.2, 0) is 24.7 Å². The maximum absolute atomic E-state index is 11.8. The number of aromatic nitrogens is 3. The normalized spacial score (nSPS) is 10.5. The molecule has 0 aliphatic heterocycles. The predicted molar refractivity (Wildman–Crippen MR) is 64.6 cm³/mol. The van der Waals surface area contributed by atoms with Crippen molar-refractivity contribution in [3.05, 3.63) is 47.3 Å². The molecule has 0 aliphatic rings. The van der Waals surface area contributed by atoms with Crippen LogP contribution in [0.5, 0.6) is 0 Å². The summed E-state index contributed by atoms with van der Waals surface area (Å²) in [5.74, 6) is 0.161. The van der Waals surface area contributed by atoms with E-state index in [1.54, 1.807) is 17.9 Å². The number of hydrogen-bond donors (Lipinski definition) is 0. The number of benzene rings is 1. The van der Waals surface area contributed by atoms with Crippen LogP contribution in [0.3, 0.4) is 0 Å². The van der Waals surface area contributed by atoms with Gasteiger partial charge < -0.3 is 0 Å². The second-order valence-electron chi connectivity index (χ2n) is 4.26. The molecule has 0 radical (unpaired) electrons. The molecule has 1 aromatic carbocycles. The molecule has 0 amide bonds. The molecule has 17 heavy (non-hydrogen) atoms. The van der Waals surface area contributed by atoms with E-state index in [9.17, 15) is 4.79 Å². The minimum Gasteiger partial charge on any atom is -0.299 e. The number of Topliss-reactive ketones (excluding diaryl/α,β-unsaturated/α-hetero) is 1. The van der Waals surface area contributed by atoms with E-state index in [-0.39, 0.29) is 5.78 Å². The lowest BCUT2D eigenvalue weighted by atomic mass is 10.0. The Labute approximate surface area is 100 Å². The number of aryl methyl sites for hydroxylation is 2. The molecule has 4 nitrogen and oxygen atoms in total. The average molecular weight is 229 g/mol. The molecule has 1 heterocycles. The molecule has 88 valence electrons. The van der Waals surface area contributed by atoms with Gasteiger partial charge in [-0.2, -0.15) is 0 Å². The Morgan fingerprint density at radius 1 is 1.24 bits per heavy atom. The summed E-state index contributed by atoms with van der Waals surface area (Å²) in [4.78, 5) is 11.8. The zero-order valence-corrected chi connectivity index (χ0v) is 10.1. The van der Waals surface area contributed by atoms with Gasteiger partial charge in [-0.15, -0.1) is 5.10 Å². The number of hydrogen-bond acceptors (Lipinski definition) is 3. The van der Waals surface area contributed by atoms with Crippen molar-refractivity contribution in [2.24, 2.45) is 7.05 Å². The minimum atomic E-state index is 0.161. The Morgan fingerprint density at radius 3 is 2.53 bits per heavy atom. The summed E-state index contributed by atoms with van der Waals surface area (Å²) >= 11 is 0. The smallest absolute Gasteiger partial charge is 0.143 e. The molecule has 1 aromatic heterocycles. The van der Waals surface area contributed by atoms with Crippen LogP contribution in [0.2, 0.25) is 0 Å². The molecule has 0 aliphatic carbocycles. The van der Waals surface area contributed by atoms with Crippen molar-refractivity contribution < 1.29 is 4.79 Å².